The molecule has 28 heavy (non-hydrogen) atoms. The average Bonchev–Trinajstić information content (AvgIpc) is 2.65. The number of nitrogens with zero attached hydrogens (tertiary/aromatic N) is 3. The number of aromatic nitrogens is 2. The van der Waals surface area contributed by atoms with Crippen molar-refractivity contribution < 1.29 is 18.8 Å². The summed E-state index contributed by atoms with van der Waals surface area (Å²) >= 11 is 0. The van der Waals surface area contributed by atoms with E-state index in [0.29, 0.717) is 38.7 Å². The van der Waals surface area contributed by atoms with Gasteiger partial charge in [0.1, 0.15) is 12.4 Å². The van der Waals surface area contributed by atoms with Crippen molar-refractivity contribution in [2.24, 2.45) is 11.1 Å². The average molecular weight is 396 g/mol. The van der Waals surface area contributed by atoms with Gasteiger partial charge in [0.05, 0.1) is 17.6 Å². The first-order valence-corrected chi connectivity index (χ1v) is 9.35. The number of hydrogen-bond donors (Lipinski definition) is 3. The molecule has 10 nitrogen and oxygen atoms in total. The molecule has 0 aromatic carbocycles. The SMILES string of the molecule is CC1(C(N)=O)CCC(Nc2nc(N[C@@H]3CCOC[C@H]3F)ncc2[N+](=O)[O-])CC1. The molecule has 1 saturated carbocycles. The van der Waals surface area contributed by atoms with E-state index in [-0.39, 0.29) is 36.0 Å². The highest BCUT2D eigenvalue weighted by molar-refractivity contribution is 5.80. The molecule has 11 heteroatoms. The molecule has 0 radical (unpaired) electrons. The predicted octanol–water partition coefficient (Wildman–Crippen LogP) is 1.77. The molecule has 154 valence electrons. The molecule has 1 saturated heterocycles. The number of nitro groups is 1. The number of carbonyl (C=O) groups excluding carboxylic acids is 1. The van der Waals surface area contributed by atoms with Crippen LogP contribution in [0.15, 0.2) is 6.20 Å². The summed E-state index contributed by atoms with van der Waals surface area (Å²) in [7, 11) is 0. The maximum absolute atomic E-state index is 13.9. The number of nitrogens with one attached hydrogen (secondary N) is 2. The van der Waals surface area contributed by atoms with Gasteiger partial charge in [-0.15, -0.1) is 0 Å². The van der Waals surface area contributed by atoms with Crippen molar-refractivity contribution in [1.29, 1.82) is 0 Å². The van der Waals surface area contributed by atoms with Crippen LogP contribution in [0.2, 0.25) is 0 Å². The maximum atomic E-state index is 13.9. The molecule has 2 atom stereocenters. The summed E-state index contributed by atoms with van der Waals surface area (Å²) in [4.78, 5) is 30.5. The topological polar surface area (TPSA) is 145 Å². The number of rotatable bonds is 6. The minimum atomic E-state index is -1.20. The van der Waals surface area contributed by atoms with E-state index < -0.39 is 22.6 Å². The van der Waals surface area contributed by atoms with Gasteiger partial charge in [-0.25, -0.2) is 9.37 Å². The molecular formula is C17H25FN6O4. The monoisotopic (exact) mass is 396 g/mol. The van der Waals surface area contributed by atoms with Crippen LogP contribution in [0, 0.1) is 15.5 Å². The van der Waals surface area contributed by atoms with Crippen LogP contribution < -0.4 is 16.4 Å². The zero-order valence-electron chi connectivity index (χ0n) is 15.7. The number of nitrogens with two attached hydrogens (primary N) is 1. The van der Waals surface area contributed by atoms with E-state index >= 15 is 0 Å². The van der Waals surface area contributed by atoms with Crippen LogP contribution in [-0.4, -0.2) is 52.3 Å². The van der Waals surface area contributed by atoms with E-state index in [2.05, 4.69) is 20.6 Å². The van der Waals surface area contributed by atoms with Gasteiger partial charge in [-0.05, 0) is 32.1 Å². The zero-order chi connectivity index (χ0) is 20.3. The van der Waals surface area contributed by atoms with Crippen LogP contribution in [0.1, 0.15) is 39.0 Å². The molecule has 1 aromatic heterocycles. The van der Waals surface area contributed by atoms with Crippen molar-refractivity contribution in [3.05, 3.63) is 16.3 Å². The maximum Gasteiger partial charge on any atom is 0.329 e. The van der Waals surface area contributed by atoms with Crippen LogP contribution in [-0.2, 0) is 9.53 Å². The second kappa shape index (κ2) is 8.21. The molecule has 1 amide bonds. The number of hydrogen-bond acceptors (Lipinski definition) is 8. The van der Waals surface area contributed by atoms with Crippen molar-refractivity contribution in [2.45, 2.75) is 57.3 Å². The lowest BCUT2D eigenvalue weighted by Gasteiger charge is -2.35. The highest BCUT2D eigenvalue weighted by Crippen LogP contribution is 2.37. The van der Waals surface area contributed by atoms with Gasteiger partial charge in [0.15, 0.2) is 0 Å². The van der Waals surface area contributed by atoms with E-state index in [9.17, 15) is 19.3 Å². The van der Waals surface area contributed by atoms with E-state index in [1.54, 1.807) is 0 Å². The third-order valence-electron chi connectivity index (χ3n) is 5.59. The third-order valence-corrected chi connectivity index (χ3v) is 5.59. The Labute approximate surface area is 161 Å². The first kappa shape index (κ1) is 20.2. The van der Waals surface area contributed by atoms with Gasteiger partial charge in [0, 0.05) is 18.1 Å². The van der Waals surface area contributed by atoms with Crippen molar-refractivity contribution in [1.82, 2.24) is 9.97 Å². The summed E-state index contributed by atoms with van der Waals surface area (Å²) in [5, 5.41) is 17.3. The smallest absolute Gasteiger partial charge is 0.329 e. The molecule has 4 N–H and O–H groups in total. The molecule has 3 rings (SSSR count). The lowest BCUT2D eigenvalue weighted by molar-refractivity contribution is -0.384. The van der Waals surface area contributed by atoms with Crippen molar-refractivity contribution >= 4 is 23.4 Å². The Morgan fingerprint density at radius 2 is 2.11 bits per heavy atom. The molecule has 2 heterocycles. The van der Waals surface area contributed by atoms with Crippen LogP contribution in [0.5, 0.6) is 0 Å². The van der Waals surface area contributed by atoms with E-state index in [0.717, 1.165) is 6.20 Å². The molecule has 0 unspecified atom stereocenters. The number of primary amides is 1. The Morgan fingerprint density at radius 1 is 1.39 bits per heavy atom. The number of alkyl halides is 1. The molecule has 1 aliphatic carbocycles. The molecule has 0 spiro atoms. The minimum Gasteiger partial charge on any atom is -0.378 e. The Morgan fingerprint density at radius 3 is 2.71 bits per heavy atom. The predicted molar refractivity (Wildman–Crippen MR) is 99.6 cm³/mol. The molecular weight excluding hydrogens is 371 g/mol. The summed E-state index contributed by atoms with van der Waals surface area (Å²) in [6.07, 6.45) is 2.82. The summed E-state index contributed by atoms with van der Waals surface area (Å²) < 4.78 is 19.0. The van der Waals surface area contributed by atoms with Crippen molar-refractivity contribution in [3.8, 4) is 0 Å². The Balaban J connectivity index is 1.72. The highest BCUT2D eigenvalue weighted by atomic mass is 19.1. The van der Waals surface area contributed by atoms with Gasteiger partial charge in [-0.3, -0.25) is 14.9 Å². The third kappa shape index (κ3) is 4.46. The molecule has 1 aliphatic heterocycles. The minimum absolute atomic E-state index is 0.00351. The first-order valence-electron chi connectivity index (χ1n) is 9.35. The van der Waals surface area contributed by atoms with Crippen molar-refractivity contribution in [2.75, 3.05) is 23.8 Å². The first-order chi connectivity index (χ1) is 13.3. The number of ether oxygens (including phenoxy) is 1. The quantitative estimate of drug-likeness (QED) is 0.487. The second-order valence-electron chi connectivity index (χ2n) is 7.66. The van der Waals surface area contributed by atoms with Crippen LogP contribution in [0.4, 0.5) is 21.8 Å². The second-order valence-corrected chi connectivity index (χ2v) is 7.66. The normalized spacial score (nSPS) is 30.4. The van der Waals surface area contributed by atoms with Crippen LogP contribution >= 0.6 is 0 Å². The van der Waals surface area contributed by atoms with Gasteiger partial charge < -0.3 is 21.1 Å². The number of halogens is 1. The number of anilines is 2. The van der Waals surface area contributed by atoms with Gasteiger partial charge in [0.2, 0.25) is 17.7 Å². The summed E-state index contributed by atoms with van der Waals surface area (Å²) in [5.74, 6) is -0.124. The van der Waals surface area contributed by atoms with Gasteiger partial charge >= 0.3 is 5.69 Å². The molecule has 2 aliphatic rings. The summed E-state index contributed by atoms with van der Waals surface area (Å²) in [6.45, 7) is 2.26. The Kier molecular flexibility index (Phi) is 5.92. The fourth-order valence-electron chi connectivity index (χ4n) is 3.56. The number of carbonyl (C=O) groups is 1. The molecule has 0 bridgehead atoms. The van der Waals surface area contributed by atoms with Crippen LogP contribution in [0.3, 0.4) is 0 Å². The zero-order valence-corrected chi connectivity index (χ0v) is 15.7. The fraction of sp³-hybridized carbons (Fsp3) is 0.706. The van der Waals surface area contributed by atoms with E-state index in [1.807, 2.05) is 6.92 Å². The number of amides is 1. The van der Waals surface area contributed by atoms with Crippen LogP contribution in [0.25, 0.3) is 0 Å². The fourth-order valence-corrected chi connectivity index (χ4v) is 3.56. The molecule has 2 fully saturated rings. The van der Waals surface area contributed by atoms with Crippen molar-refractivity contribution in [3.63, 3.8) is 0 Å². The van der Waals surface area contributed by atoms with Gasteiger partial charge in [-0.1, -0.05) is 6.92 Å². The summed E-state index contributed by atoms with van der Waals surface area (Å²) in [6, 6.07) is -0.583. The Hall–Kier alpha value is -2.56. The van der Waals surface area contributed by atoms with E-state index in [4.69, 9.17) is 10.5 Å². The Bertz CT molecular complexity index is 740. The standard InChI is InChI=1S/C17H25FN6O4/c1-17(15(19)25)5-2-10(3-6-17)21-14-13(24(26)27)8-20-16(23-14)22-12-4-7-28-9-11(12)18/h8,10-12H,2-7,9H2,1H3,(H2,19,25)(H2,20,21,22,23)/t10?,11-,12-,17?/m1/s1. The largest absolute Gasteiger partial charge is 0.378 e. The lowest BCUT2D eigenvalue weighted by atomic mass is 9.73. The lowest BCUT2D eigenvalue weighted by Crippen LogP contribution is -2.41. The highest BCUT2D eigenvalue weighted by Gasteiger charge is 2.36. The molecule has 1 aromatic rings. The van der Waals surface area contributed by atoms with Gasteiger partial charge in [0.25, 0.3) is 0 Å². The van der Waals surface area contributed by atoms with Gasteiger partial charge in [-0.2, -0.15) is 4.98 Å². The van der Waals surface area contributed by atoms with E-state index in [1.165, 1.54) is 0 Å². The summed E-state index contributed by atoms with van der Waals surface area (Å²) in [5.41, 5.74) is 4.66.